The van der Waals surface area contributed by atoms with Crippen LogP contribution in [-0.2, 0) is 11.3 Å². The average Bonchev–Trinajstić information content (AvgIpc) is 3.33. The Kier molecular flexibility index (Phi) is 5.03. The minimum atomic E-state index is -0.301. The topological polar surface area (TPSA) is 94.8 Å². The van der Waals surface area contributed by atoms with Gasteiger partial charge in [-0.15, -0.1) is 21.9 Å². The van der Waals surface area contributed by atoms with Crippen LogP contribution >= 0.6 is 11.3 Å². The van der Waals surface area contributed by atoms with Gasteiger partial charge >= 0.3 is 0 Å². The molecule has 9 heteroatoms. The first-order valence-electron chi connectivity index (χ1n) is 8.52. The molecule has 2 aromatic heterocycles. The maximum Gasteiger partial charge on any atom is 0.273 e. The van der Waals surface area contributed by atoms with Gasteiger partial charge in [-0.1, -0.05) is 53.0 Å². The number of allylic oxidation sites excluding steroid dienone is 1. The summed E-state index contributed by atoms with van der Waals surface area (Å²) in [6.07, 6.45) is 3.44. The van der Waals surface area contributed by atoms with Gasteiger partial charge in [0.2, 0.25) is 0 Å². The number of carbonyl (C=O) groups is 1. The van der Waals surface area contributed by atoms with Gasteiger partial charge in [-0.3, -0.25) is 4.79 Å². The van der Waals surface area contributed by atoms with E-state index in [0.717, 1.165) is 15.6 Å². The van der Waals surface area contributed by atoms with Gasteiger partial charge in [-0.05, 0) is 0 Å². The second kappa shape index (κ2) is 7.77. The van der Waals surface area contributed by atoms with Crippen LogP contribution in [0.25, 0.3) is 10.6 Å². The Hall–Kier alpha value is -2.91. The van der Waals surface area contributed by atoms with Gasteiger partial charge in [0.05, 0.1) is 32.0 Å². The highest BCUT2D eigenvalue weighted by molar-refractivity contribution is 7.14. The van der Waals surface area contributed by atoms with Gasteiger partial charge in [0.1, 0.15) is 10.0 Å². The predicted molar refractivity (Wildman–Crippen MR) is 100 cm³/mol. The van der Waals surface area contributed by atoms with Gasteiger partial charge in [-0.25, -0.2) is 4.68 Å². The van der Waals surface area contributed by atoms with Crippen molar-refractivity contribution in [3.05, 3.63) is 59.9 Å². The molecule has 4 rings (SSSR count). The van der Waals surface area contributed by atoms with Crippen molar-refractivity contribution in [3.8, 4) is 10.6 Å². The second-order valence-corrected chi connectivity index (χ2v) is 7.22. The van der Waals surface area contributed by atoms with E-state index in [1.54, 1.807) is 17.0 Å². The molecule has 1 fully saturated rings. The van der Waals surface area contributed by atoms with Crippen LogP contribution in [0.1, 0.15) is 21.5 Å². The fourth-order valence-electron chi connectivity index (χ4n) is 2.76. The molecule has 0 unspecified atom stereocenters. The standard InChI is InChI=1S/C18H18N6O2S/c1-2-15(13-10-26-11-13)24-9-14(20-23-24)17(25)19-8-16-21-22-18(27-16)12-6-4-3-5-7-12/h2-7,9,13,15H,1,8,10-11H2,(H,19,25)/t15-/m0/s1. The van der Waals surface area contributed by atoms with Crippen molar-refractivity contribution in [2.45, 2.75) is 12.6 Å². The molecule has 1 atom stereocenters. The van der Waals surface area contributed by atoms with Crippen LogP contribution in [0.15, 0.2) is 49.2 Å². The Morgan fingerprint density at radius 2 is 2.15 bits per heavy atom. The molecule has 1 aliphatic heterocycles. The fourth-order valence-corrected chi connectivity index (χ4v) is 3.55. The molecule has 0 spiro atoms. The highest BCUT2D eigenvalue weighted by atomic mass is 32.1. The summed E-state index contributed by atoms with van der Waals surface area (Å²) in [5.74, 6) is 0.0169. The van der Waals surface area contributed by atoms with Crippen molar-refractivity contribution >= 4 is 17.2 Å². The number of carbonyl (C=O) groups excluding carboxylic acids is 1. The molecule has 3 aromatic rings. The fraction of sp³-hybridized carbons (Fsp3) is 0.278. The monoisotopic (exact) mass is 382 g/mol. The summed E-state index contributed by atoms with van der Waals surface area (Å²) in [5, 5.41) is 20.7. The van der Waals surface area contributed by atoms with E-state index in [-0.39, 0.29) is 24.2 Å². The highest BCUT2D eigenvalue weighted by Crippen LogP contribution is 2.26. The van der Waals surface area contributed by atoms with E-state index in [2.05, 4.69) is 32.4 Å². The number of nitrogens with one attached hydrogen (secondary N) is 1. The van der Waals surface area contributed by atoms with E-state index in [9.17, 15) is 4.79 Å². The van der Waals surface area contributed by atoms with E-state index in [4.69, 9.17) is 4.74 Å². The Morgan fingerprint density at radius 3 is 2.85 bits per heavy atom. The van der Waals surface area contributed by atoms with E-state index >= 15 is 0 Å². The number of rotatable bonds is 7. The van der Waals surface area contributed by atoms with Crippen molar-refractivity contribution in [1.82, 2.24) is 30.5 Å². The number of benzene rings is 1. The summed E-state index contributed by atoms with van der Waals surface area (Å²) < 4.78 is 6.87. The Morgan fingerprint density at radius 1 is 1.33 bits per heavy atom. The third kappa shape index (κ3) is 3.79. The molecule has 1 saturated heterocycles. The Bertz CT molecular complexity index is 934. The van der Waals surface area contributed by atoms with Crippen LogP contribution < -0.4 is 5.32 Å². The zero-order chi connectivity index (χ0) is 18.6. The van der Waals surface area contributed by atoms with Crippen molar-refractivity contribution in [2.75, 3.05) is 13.2 Å². The maximum absolute atomic E-state index is 12.4. The number of ether oxygens (including phenoxy) is 1. The van der Waals surface area contributed by atoms with Gasteiger partial charge in [0, 0.05) is 11.5 Å². The minimum Gasteiger partial charge on any atom is -0.381 e. The van der Waals surface area contributed by atoms with E-state index in [1.807, 2.05) is 30.3 Å². The number of aromatic nitrogens is 5. The largest absolute Gasteiger partial charge is 0.381 e. The molecule has 0 aliphatic carbocycles. The molecular weight excluding hydrogens is 364 g/mol. The maximum atomic E-state index is 12.4. The second-order valence-electron chi connectivity index (χ2n) is 6.16. The molecule has 27 heavy (non-hydrogen) atoms. The lowest BCUT2D eigenvalue weighted by atomic mass is 9.98. The van der Waals surface area contributed by atoms with Crippen LogP contribution in [0.4, 0.5) is 0 Å². The molecule has 1 amide bonds. The van der Waals surface area contributed by atoms with Gasteiger partial charge in [0.15, 0.2) is 5.69 Å². The summed E-state index contributed by atoms with van der Waals surface area (Å²) in [6, 6.07) is 9.79. The number of hydrogen-bond acceptors (Lipinski definition) is 7. The lowest BCUT2D eigenvalue weighted by molar-refractivity contribution is -0.0503. The highest BCUT2D eigenvalue weighted by Gasteiger charge is 2.29. The number of hydrogen-bond donors (Lipinski definition) is 1. The number of amides is 1. The third-order valence-electron chi connectivity index (χ3n) is 4.32. The minimum absolute atomic E-state index is 0.0237. The molecule has 1 aromatic carbocycles. The molecule has 8 nitrogen and oxygen atoms in total. The first-order chi connectivity index (χ1) is 13.2. The van der Waals surface area contributed by atoms with E-state index in [1.165, 1.54) is 11.3 Å². The van der Waals surface area contributed by atoms with Crippen molar-refractivity contribution in [1.29, 1.82) is 0 Å². The van der Waals surface area contributed by atoms with Gasteiger partial charge in [-0.2, -0.15) is 0 Å². The summed E-state index contributed by atoms with van der Waals surface area (Å²) in [5.41, 5.74) is 1.26. The van der Waals surface area contributed by atoms with E-state index < -0.39 is 0 Å². The first-order valence-corrected chi connectivity index (χ1v) is 9.34. The summed E-state index contributed by atoms with van der Waals surface area (Å²) in [7, 11) is 0. The lowest BCUT2D eigenvalue weighted by Crippen LogP contribution is -2.35. The Labute approximate surface area is 159 Å². The lowest BCUT2D eigenvalue weighted by Gasteiger charge is -2.31. The van der Waals surface area contributed by atoms with Crippen LogP contribution in [0, 0.1) is 5.92 Å². The third-order valence-corrected chi connectivity index (χ3v) is 5.30. The zero-order valence-corrected chi connectivity index (χ0v) is 15.3. The smallest absolute Gasteiger partial charge is 0.273 e. The molecular formula is C18H18N6O2S. The quantitative estimate of drug-likeness (QED) is 0.629. The molecule has 1 N–H and O–H groups in total. The molecule has 3 heterocycles. The average molecular weight is 382 g/mol. The summed E-state index contributed by atoms with van der Waals surface area (Å²) in [6.45, 7) is 5.46. The normalized spacial score (nSPS) is 15.1. The molecule has 0 bridgehead atoms. The number of nitrogens with zero attached hydrogens (tertiary/aromatic N) is 5. The van der Waals surface area contributed by atoms with Crippen molar-refractivity contribution < 1.29 is 9.53 Å². The van der Waals surface area contributed by atoms with Crippen LogP contribution in [0.2, 0.25) is 0 Å². The first kappa shape index (κ1) is 17.5. The Balaban J connectivity index is 1.37. The van der Waals surface area contributed by atoms with Gasteiger partial charge in [0.25, 0.3) is 5.91 Å². The van der Waals surface area contributed by atoms with Crippen LogP contribution in [0.3, 0.4) is 0 Å². The van der Waals surface area contributed by atoms with Crippen molar-refractivity contribution in [2.24, 2.45) is 5.92 Å². The van der Waals surface area contributed by atoms with Crippen LogP contribution in [-0.4, -0.2) is 44.3 Å². The predicted octanol–water partition coefficient (Wildman–Crippen LogP) is 2.10. The molecule has 0 saturated carbocycles. The van der Waals surface area contributed by atoms with E-state index in [0.29, 0.717) is 19.1 Å². The molecule has 1 aliphatic rings. The summed E-state index contributed by atoms with van der Waals surface area (Å²) in [4.78, 5) is 12.4. The van der Waals surface area contributed by atoms with Crippen molar-refractivity contribution in [3.63, 3.8) is 0 Å². The summed E-state index contributed by atoms with van der Waals surface area (Å²) >= 11 is 1.45. The molecule has 0 radical (unpaired) electrons. The molecule has 138 valence electrons. The van der Waals surface area contributed by atoms with Gasteiger partial charge < -0.3 is 10.1 Å². The zero-order valence-electron chi connectivity index (χ0n) is 14.5. The SMILES string of the molecule is C=C[C@@H](C1COC1)n1cc(C(=O)NCc2nnc(-c3ccccc3)s2)nn1. The van der Waals surface area contributed by atoms with Crippen LogP contribution in [0.5, 0.6) is 0 Å².